The second-order valence-corrected chi connectivity index (χ2v) is 8.76. The molecule has 1 aliphatic heterocycles. The summed E-state index contributed by atoms with van der Waals surface area (Å²) >= 11 is 0. The number of fused-ring (bicyclic) bond motifs is 1. The SMILES string of the molecule is CC1=C(C)C(c2c(-c3ccccc3)n(C)c3ccccc23)N(C(C)(C)C)C1=O. The van der Waals surface area contributed by atoms with Gasteiger partial charge in [-0.2, -0.15) is 0 Å². The van der Waals surface area contributed by atoms with Crippen LogP contribution in [-0.4, -0.2) is 20.9 Å². The Morgan fingerprint density at radius 3 is 2.14 bits per heavy atom. The van der Waals surface area contributed by atoms with E-state index in [0.717, 1.165) is 11.1 Å². The van der Waals surface area contributed by atoms with E-state index in [4.69, 9.17) is 0 Å². The molecular formula is C25H28N2O. The molecule has 1 atom stereocenters. The topological polar surface area (TPSA) is 25.2 Å². The number of benzene rings is 2. The van der Waals surface area contributed by atoms with Gasteiger partial charge in [-0.1, -0.05) is 48.5 Å². The quantitative estimate of drug-likeness (QED) is 0.553. The Kier molecular flexibility index (Phi) is 4.22. The van der Waals surface area contributed by atoms with Crippen molar-refractivity contribution in [2.24, 2.45) is 7.05 Å². The molecule has 1 aliphatic rings. The third kappa shape index (κ3) is 2.61. The predicted molar refractivity (Wildman–Crippen MR) is 116 cm³/mol. The molecule has 1 amide bonds. The van der Waals surface area contributed by atoms with Gasteiger partial charge in [0.25, 0.3) is 5.91 Å². The van der Waals surface area contributed by atoms with Crippen molar-refractivity contribution in [2.75, 3.05) is 0 Å². The van der Waals surface area contributed by atoms with Crippen LogP contribution in [0.5, 0.6) is 0 Å². The Hall–Kier alpha value is -2.81. The minimum absolute atomic E-state index is 0.0613. The predicted octanol–water partition coefficient (Wildman–Crippen LogP) is 5.86. The molecule has 0 saturated heterocycles. The first-order chi connectivity index (χ1) is 13.2. The fraction of sp³-hybridized carbons (Fsp3) is 0.320. The molecule has 2 aromatic carbocycles. The van der Waals surface area contributed by atoms with Gasteiger partial charge in [0.2, 0.25) is 0 Å². The number of para-hydroxylation sites is 1. The van der Waals surface area contributed by atoms with Crippen molar-refractivity contribution in [3.8, 4) is 11.3 Å². The fourth-order valence-corrected chi connectivity index (χ4v) is 4.55. The van der Waals surface area contributed by atoms with Crippen molar-refractivity contribution < 1.29 is 4.79 Å². The van der Waals surface area contributed by atoms with E-state index in [2.05, 4.69) is 92.7 Å². The van der Waals surface area contributed by atoms with Crippen molar-refractivity contribution in [3.05, 3.63) is 71.3 Å². The minimum atomic E-state index is -0.272. The smallest absolute Gasteiger partial charge is 0.250 e. The Morgan fingerprint density at radius 2 is 1.50 bits per heavy atom. The second-order valence-electron chi connectivity index (χ2n) is 8.76. The van der Waals surface area contributed by atoms with Crippen LogP contribution in [0.1, 0.15) is 46.2 Å². The van der Waals surface area contributed by atoms with E-state index in [1.54, 1.807) is 0 Å². The molecule has 2 heterocycles. The first-order valence-corrected chi connectivity index (χ1v) is 9.87. The van der Waals surface area contributed by atoms with Gasteiger partial charge < -0.3 is 9.47 Å². The summed E-state index contributed by atoms with van der Waals surface area (Å²) in [4.78, 5) is 15.3. The van der Waals surface area contributed by atoms with E-state index in [1.807, 2.05) is 13.0 Å². The van der Waals surface area contributed by atoms with Crippen LogP contribution in [0.2, 0.25) is 0 Å². The van der Waals surface area contributed by atoms with Crippen molar-refractivity contribution in [1.82, 2.24) is 9.47 Å². The van der Waals surface area contributed by atoms with Crippen LogP contribution in [0.3, 0.4) is 0 Å². The highest BCUT2D eigenvalue weighted by Gasteiger charge is 2.44. The summed E-state index contributed by atoms with van der Waals surface area (Å²) in [5.41, 5.74) is 6.51. The lowest BCUT2D eigenvalue weighted by atomic mass is 9.91. The van der Waals surface area contributed by atoms with Crippen LogP contribution >= 0.6 is 0 Å². The lowest BCUT2D eigenvalue weighted by Gasteiger charge is -2.38. The van der Waals surface area contributed by atoms with Crippen LogP contribution in [0.15, 0.2) is 65.7 Å². The number of hydrogen-bond donors (Lipinski definition) is 0. The van der Waals surface area contributed by atoms with E-state index in [9.17, 15) is 4.79 Å². The summed E-state index contributed by atoms with van der Waals surface area (Å²) < 4.78 is 2.27. The molecular weight excluding hydrogens is 344 g/mol. The fourth-order valence-electron chi connectivity index (χ4n) is 4.55. The highest BCUT2D eigenvalue weighted by Crippen LogP contribution is 2.48. The van der Waals surface area contributed by atoms with Crippen LogP contribution in [0.25, 0.3) is 22.2 Å². The summed E-state index contributed by atoms with van der Waals surface area (Å²) in [6.45, 7) is 10.4. The molecule has 0 radical (unpaired) electrons. The first-order valence-electron chi connectivity index (χ1n) is 9.87. The van der Waals surface area contributed by atoms with E-state index in [0.29, 0.717) is 0 Å². The molecule has 0 bridgehead atoms. The summed E-state index contributed by atoms with van der Waals surface area (Å²) in [6, 6.07) is 19.0. The largest absolute Gasteiger partial charge is 0.343 e. The van der Waals surface area contributed by atoms with Gasteiger partial charge in [0.1, 0.15) is 0 Å². The van der Waals surface area contributed by atoms with Gasteiger partial charge in [-0.25, -0.2) is 0 Å². The number of amides is 1. The molecule has 4 rings (SSSR count). The maximum atomic E-state index is 13.2. The first kappa shape index (κ1) is 18.5. The molecule has 0 spiro atoms. The molecule has 1 unspecified atom stereocenters. The van der Waals surface area contributed by atoms with Gasteiger partial charge in [0.15, 0.2) is 0 Å². The molecule has 1 aromatic heterocycles. The van der Waals surface area contributed by atoms with E-state index < -0.39 is 0 Å². The van der Waals surface area contributed by atoms with E-state index in [-0.39, 0.29) is 17.5 Å². The average molecular weight is 373 g/mol. The monoisotopic (exact) mass is 372 g/mol. The van der Waals surface area contributed by atoms with Crippen molar-refractivity contribution in [2.45, 2.75) is 46.2 Å². The summed E-state index contributed by atoms with van der Waals surface area (Å²) in [5.74, 6) is 0.141. The third-order valence-electron chi connectivity index (χ3n) is 5.99. The molecule has 0 aliphatic carbocycles. The van der Waals surface area contributed by atoms with Gasteiger partial charge in [-0.15, -0.1) is 0 Å². The molecule has 3 heteroatoms. The highest BCUT2D eigenvalue weighted by atomic mass is 16.2. The Labute approximate surface area is 167 Å². The van der Waals surface area contributed by atoms with Gasteiger partial charge in [-0.3, -0.25) is 4.79 Å². The van der Waals surface area contributed by atoms with Crippen molar-refractivity contribution >= 4 is 16.8 Å². The zero-order valence-electron chi connectivity index (χ0n) is 17.6. The van der Waals surface area contributed by atoms with Gasteiger partial charge in [0.05, 0.1) is 11.7 Å². The van der Waals surface area contributed by atoms with Crippen LogP contribution in [0.4, 0.5) is 0 Å². The van der Waals surface area contributed by atoms with Gasteiger partial charge in [0, 0.05) is 34.6 Å². The molecule has 0 saturated carbocycles. The number of carbonyl (C=O) groups is 1. The molecule has 0 N–H and O–H groups in total. The third-order valence-corrected chi connectivity index (χ3v) is 5.99. The molecule has 144 valence electrons. The Morgan fingerprint density at radius 1 is 0.893 bits per heavy atom. The molecule has 3 nitrogen and oxygen atoms in total. The summed E-state index contributed by atoms with van der Waals surface area (Å²) in [5, 5.41) is 1.21. The van der Waals surface area contributed by atoms with Crippen LogP contribution < -0.4 is 0 Å². The highest BCUT2D eigenvalue weighted by molar-refractivity contribution is 6.00. The maximum Gasteiger partial charge on any atom is 0.250 e. The summed E-state index contributed by atoms with van der Waals surface area (Å²) in [7, 11) is 2.12. The molecule has 0 fully saturated rings. The second kappa shape index (κ2) is 6.37. The van der Waals surface area contributed by atoms with E-state index >= 15 is 0 Å². The lowest BCUT2D eigenvalue weighted by Crippen LogP contribution is -2.45. The zero-order chi connectivity index (χ0) is 20.2. The number of rotatable bonds is 2. The standard InChI is InChI=1S/C25H28N2O/c1-16-17(2)24(28)27(25(3,4)5)22(16)21-19-14-10-11-15-20(19)26(6)23(21)18-12-8-7-9-13-18/h7-15,22H,1-6H3. The number of carbonyl (C=O) groups excluding carboxylic acids is 1. The van der Waals surface area contributed by atoms with Gasteiger partial charge >= 0.3 is 0 Å². The van der Waals surface area contributed by atoms with Crippen molar-refractivity contribution in [3.63, 3.8) is 0 Å². The van der Waals surface area contributed by atoms with E-state index in [1.165, 1.54) is 27.7 Å². The molecule has 3 aromatic rings. The Bertz CT molecular complexity index is 1100. The zero-order valence-corrected chi connectivity index (χ0v) is 17.6. The number of aromatic nitrogens is 1. The van der Waals surface area contributed by atoms with Gasteiger partial charge in [-0.05, 0) is 51.8 Å². The number of hydrogen-bond acceptors (Lipinski definition) is 1. The van der Waals surface area contributed by atoms with Crippen LogP contribution in [0, 0.1) is 0 Å². The maximum absolute atomic E-state index is 13.2. The normalized spacial score (nSPS) is 17.9. The van der Waals surface area contributed by atoms with Crippen molar-refractivity contribution in [1.29, 1.82) is 0 Å². The van der Waals surface area contributed by atoms with Crippen LogP contribution in [-0.2, 0) is 11.8 Å². The minimum Gasteiger partial charge on any atom is -0.343 e. The number of nitrogens with zero attached hydrogens (tertiary/aromatic N) is 2. The average Bonchev–Trinajstić information content (AvgIpc) is 3.08. The Balaban J connectivity index is 2.10. The summed E-state index contributed by atoms with van der Waals surface area (Å²) in [6.07, 6.45) is 0. The molecule has 28 heavy (non-hydrogen) atoms. The lowest BCUT2D eigenvalue weighted by molar-refractivity contribution is -0.131. The number of aryl methyl sites for hydroxylation is 1.